The van der Waals surface area contributed by atoms with Crippen molar-refractivity contribution in [1.82, 2.24) is 14.9 Å². The number of amides is 1. The normalized spacial score (nSPS) is 11.6. The Labute approximate surface area is 99.8 Å². The van der Waals surface area contributed by atoms with Crippen molar-refractivity contribution in [3.8, 4) is 0 Å². The second-order valence-corrected chi connectivity index (χ2v) is 3.54. The molecule has 92 valence electrons. The number of rotatable bonds is 5. The molecule has 0 aliphatic heterocycles. The molecular formula is C8H9N3O5S. The molecule has 1 amide bonds. The lowest BCUT2D eigenvalue weighted by molar-refractivity contribution is -0.147. The molecule has 0 aromatic carbocycles. The van der Waals surface area contributed by atoms with Crippen LogP contribution < -0.4 is 5.32 Å². The topological polar surface area (TPSA) is 118 Å². The molecule has 1 aromatic rings. The number of carbonyl (C=O) groups is 3. The number of nitrogens with one attached hydrogen (secondary N) is 1. The van der Waals surface area contributed by atoms with Crippen LogP contribution in [0.25, 0.3) is 0 Å². The van der Waals surface area contributed by atoms with Crippen LogP contribution >= 0.6 is 11.5 Å². The maximum absolute atomic E-state index is 11.5. The summed E-state index contributed by atoms with van der Waals surface area (Å²) in [5, 5.41) is 15.8. The Morgan fingerprint density at radius 3 is 2.76 bits per heavy atom. The Morgan fingerprint density at radius 2 is 2.29 bits per heavy atom. The Hall–Kier alpha value is -2.03. The van der Waals surface area contributed by atoms with Gasteiger partial charge in [-0.2, -0.15) is 0 Å². The molecule has 1 rings (SSSR count). The Kier molecular flexibility index (Phi) is 4.52. The fourth-order valence-electron chi connectivity index (χ4n) is 0.946. The zero-order valence-corrected chi connectivity index (χ0v) is 9.56. The van der Waals surface area contributed by atoms with Gasteiger partial charge in [0.2, 0.25) is 0 Å². The lowest BCUT2D eigenvalue weighted by atomic mass is 10.2. The lowest BCUT2D eigenvalue weighted by Crippen LogP contribution is -2.42. The minimum Gasteiger partial charge on any atom is -0.480 e. The van der Waals surface area contributed by atoms with E-state index in [1.165, 1.54) is 5.38 Å². The van der Waals surface area contributed by atoms with Gasteiger partial charge in [-0.25, -0.2) is 4.79 Å². The third-order valence-corrected chi connectivity index (χ3v) is 2.30. The molecule has 1 heterocycles. The Balaban J connectivity index is 2.64. The zero-order valence-electron chi connectivity index (χ0n) is 8.74. The number of aromatic nitrogens is 2. The monoisotopic (exact) mass is 259 g/mol. The quantitative estimate of drug-likeness (QED) is 0.670. The van der Waals surface area contributed by atoms with Gasteiger partial charge < -0.3 is 15.2 Å². The standard InChI is InChI=1S/C8H9N3O5S/c1-16-6(12)2-4(8(14)15)9-7(13)5-3-17-11-10-5/h3-4H,2H2,1H3,(H,9,13)(H,14,15)/t4-/m0/s1. The molecule has 1 aromatic heterocycles. The fourth-order valence-corrected chi connectivity index (χ4v) is 1.38. The summed E-state index contributed by atoms with van der Waals surface area (Å²) in [5.74, 6) is -2.75. The Morgan fingerprint density at radius 1 is 1.59 bits per heavy atom. The highest BCUT2D eigenvalue weighted by molar-refractivity contribution is 7.03. The second-order valence-electron chi connectivity index (χ2n) is 2.93. The molecule has 0 saturated heterocycles. The van der Waals surface area contributed by atoms with E-state index in [0.29, 0.717) is 0 Å². The van der Waals surface area contributed by atoms with E-state index in [-0.39, 0.29) is 5.69 Å². The molecule has 0 bridgehead atoms. The highest BCUT2D eigenvalue weighted by atomic mass is 32.1. The van der Waals surface area contributed by atoms with Gasteiger partial charge in [-0.3, -0.25) is 9.59 Å². The third-order valence-electron chi connectivity index (χ3n) is 1.79. The van der Waals surface area contributed by atoms with Crippen molar-refractivity contribution in [2.45, 2.75) is 12.5 Å². The van der Waals surface area contributed by atoms with Crippen molar-refractivity contribution in [3.63, 3.8) is 0 Å². The molecule has 17 heavy (non-hydrogen) atoms. The summed E-state index contributed by atoms with van der Waals surface area (Å²) in [6.45, 7) is 0. The molecule has 8 nitrogen and oxygen atoms in total. The summed E-state index contributed by atoms with van der Waals surface area (Å²) < 4.78 is 7.79. The maximum Gasteiger partial charge on any atom is 0.326 e. The first-order chi connectivity index (χ1) is 8.04. The molecule has 0 aliphatic rings. The molecule has 0 spiro atoms. The van der Waals surface area contributed by atoms with Crippen LogP contribution in [0.5, 0.6) is 0 Å². The zero-order chi connectivity index (χ0) is 12.8. The van der Waals surface area contributed by atoms with Crippen LogP contribution in [-0.4, -0.2) is 45.7 Å². The van der Waals surface area contributed by atoms with Gasteiger partial charge in [0.05, 0.1) is 13.5 Å². The van der Waals surface area contributed by atoms with Crippen molar-refractivity contribution < 1.29 is 24.2 Å². The molecular weight excluding hydrogens is 250 g/mol. The van der Waals surface area contributed by atoms with E-state index in [1.54, 1.807) is 0 Å². The highest BCUT2D eigenvalue weighted by Gasteiger charge is 2.24. The van der Waals surface area contributed by atoms with Gasteiger partial charge >= 0.3 is 11.9 Å². The van der Waals surface area contributed by atoms with Crippen LogP contribution in [0.15, 0.2) is 5.38 Å². The number of hydrogen-bond acceptors (Lipinski definition) is 7. The molecule has 1 atom stereocenters. The van der Waals surface area contributed by atoms with Crippen LogP contribution in [0, 0.1) is 0 Å². The lowest BCUT2D eigenvalue weighted by Gasteiger charge is -2.11. The van der Waals surface area contributed by atoms with Crippen molar-refractivity contribution >= 4 is 29.4 Å². The molecule has 0 radical (unpaired) electrons. The number of carboxylic acids is 1. The minimum atomic E-state index is -1.35. The van der Waals surface area contributed by atoms with E-state index in [2.05, 4.69) is 19.6 Å². The molecule has 0 saturated carbocycles. The molecule has 0 fully saturated rings. The molecule has 9 heteroatoms. The predicted octanol–water partition coefficient (Wildman–Crippen LogP) is -0.716. The summed E-state index contributed by atoms with van der Waals surface area (Å²) >= 11 is 0.961. The first-order valence-corrected chi connectivity index (χ1v) is 5.25. The van der Waals surface area contributed by atoms with Gasteiger partial charge in [0, 0.05) is 5.38 Å². The van der Waals surface area contributed by atoms with Crippen LogP contribution in [0.2, 0.25) is 0 Å². The molecule has 0 unspecified atom stereocenters. The number of nitrogens with zero attached hydrogens (tertiary/aromatic N) is 2. The van der Waals surface area contributed by atoms with Crippen molar-refractivity contribution in [1.29, 1.82) is 0 Å². The summed E-state index contributed by atoms with van der Waals surface area (Å²) in [4.78, 5) is 33.2. The number of carboxylic acid groups (broad SMARTS) is 1. The summed E-state index contributed by atoms with van der Waals surface area (Å²) in [7, 11) is 1.13. The van der Waals surface area contributed by atoms with E-state index in [1.807, 2.05) is 0 Å². The summed E-state index contributed by atoms with van der Waals surface area (Å²) in [6, 6.07) is -1.35. The van der Waals surface area contributed by atoms with Gasteiger partial charge in [-0.05, 0) is 11.5 Å². The highest BCUT2D eigenvalue weighted by Crippen LogP contribution is 2.00. The smallest absolute Gasteiger partial charge is 0.326 e. The Bertz CT molecular complexity index is 419. The number of carbonyl (C=O) groups excluding carboxylic acids is 2. The summed E-state index contributed by atoms with van der Waals surface area (Å²) in [5.41, 5.74) is 0.00566. The van der Waals surface area contributed by atoms with Crippen molar-refractivity contribution in [3.05, 3.63) is 11.1 Å². The van der Waals surface area contributed by atoms with Crippen LogP contribution in [0.4, 0.5) is 0 Å². The van der Waals surface area contributed by atoms with Gasteiger partial charge in [0.1, 0.15) is 6.04 Å². The fraction of sp³-hybridized carbons (Fsp3) is 0.375. The SMILES string of the molecule is COC(=O)C[C@H](NC(=O)c1csnn1)C(=O)O. The number of esters is 1. The maximum atomic E-state index is 11.5. The number of hydrogen-bond donors (Lipinski definition) is 2. The van der Waals surface area contributed by atoms with Crippen LogP contribution in [0.1, 0.15) is 16.9 Å². The van der Waals surface area contributed by atoms with Crippen molar-refractivity contribution in [2.75, 3.05) is 7.11 Å². The summed E-state index contributed by atoms with van der Waals surface area (Å²) in [6.07, 6.45) is -0.449. The average Bonchev–Trinajstić information content (AvgIpc) is 2.81. The van der Waals surface area contributed by atoms with E-state index in [9.17, 15) is 14.4 Å². The van der Waals surface area contributed by atoms with Gasteiger partial charge in [0.25, 0.3) is 5.91 Å². The average molecular weight is 259 g/mol. The van der Waals surface area contributed by atoms with E-state index >= 15 is 0 Å². The second kappa shape index (κ2) is 5.89. The van der Waals surface area contributed by atoms with Crippen LogP contribution in [0.3, 0.4) is 0 Å². The third kappa shape index (κ3) is 3.79. The largest absolute Gasteiger partial charge is 0.480 e. The van der Waals surface area contributed by atoms with E-state index in [0.717, 1.165) is 18.6 Å². The number of aliphatic carboxylic acids is 1. The number of ether oxygens (including phenoxy) is 1. The van der Waals surface area contributed by atoms with Gasteiger partial charge in [-0.1, -0.05) is 4.49 Å². The first-order valence-electron chi connectivity index (χ1n) is 4.42. The molecule has 0 aliphatic carbocycles. The molecule has 2 N–H and O–H groups in total. The van der Waals surface area contributed by atoms with E-state index in [4.69, 9.17) is 5.11 Å². The first kappa shape index (κ1) is 13.0. The van der Waals surface area contributed by atoms with Gasteiger partial charge in [-0.15, -0.1) is 5.10 Å². The van der Waals surface area contributed by atoms with E-state index < -0.39 is 30.3 Å². The number of methoxy groups -OCH3 is 1. The van der Waals surface area contributed by atoms with Crippen molar-refractivity contribution in [2.24, 2.45) is 0 Å². The minimum absolute atomic E-state index is 0.00566. The van der Waals surface area contributed by atoms with Crippen LogP contribution in [-0.2, 0) is 14.3 Å². The van der Waals surface area contributed by atoms with Gasteiger partial charge in [0.15, 0.2) is 5.69 Å². The predicted molar refractivity (Wildman–Crippen MR) is 55.4 cm³/mol.